The number of hydrogen-bond acceptors (Lipinski definition) is 3. The molecule has 0 aliphatic heterocycles. The summed E-state index contributed by atoms with van der Waals surface area (Å²) in [5, 5.41) is 9.53. The van der Waals surface area contributed by atoms with E-state index in [-0.39, 0.29) is 23.6 Å². The molecule has 0 unspecified atom stereocenters. The van der Waals surface area contributed by atoms with E-state index < -0.39 is 17.6 Å². The number of aromatic carboxylic acids is 1. The highest BCUT2D eigenvalue weighted by atomic mass is 19.1. The largest absolute Gasteiger partial charge is 0.485 e. The van der Waals surface area contributed by atoms with Crippen molar-refractivity contribution < 1.29 is 23.4 Å². The van der Waals surface area contributed by atoms with E-state index in [1.165, 1.54) is 6.07 Å². The van der Waals surface area contributed by atoms with Gasteiger partial charge in [-0.25, -0.2) is 18.6 Å². The monoisotopic (exact) mass is 360 g/mol. The van der Waals surface area contributed by atoms with Crippen LogP contribution in [0.3, 0.4) is 0 Å². The van der Waals surface area contributed by atoms with Gasteiger partial charge < -0.3 is 9.84 Å². The lowest BCUT2D eigenvalue weighted by atomic mass is 10.1. The number of carboxylic acid groups (broad SMARTS) is 1. The number of pyridine rings is 1. The van der Waals surface area contributed by atoms with E-state index in [0.717, 1.165) is 23.4 Å². The molecule has 0 aliphatic rings. The van der Waals surface area contributed by atoms with Crippen LogP contribution in [0.4, 0.5) is 8.78 Å². The molecule has 0 saturated heterocycles. The van der Waals surface area contributed by atoms with Gasteiger partial charge in [0.15, 0.2) is 17.1 Å². The van der Waals surface area contributed by atoms with Gasteiger partial charge in [-0.15, -0.1) is 0 Å². The Bertz CT molecular complexity index is 992. The maximum atomic E-state index is 13.8. The van der Waals surface area contributed by atoms with Crippen LogP contribution in [0.1, 0.15) is 39.9 Å². The number of aryl methyl sites for hydroxylation is 3. The maximum absolute atomic E-state index is 13.8. The molecule has 0 fully saturated rings. The summed E-state index contributed by atoms with van der Waals surface area (Å²) >= 11 is 0. The number of aromatic nitrogens is 2. The van der Waals surface area contributed by atoms with Gasteiger partial charge in [-0.3, -0.25) is 4.40 Å². The number of fused-ring (bicyclic) bond motifs is 1. The Kier molecular flexibility index (Phi) is 4.63. The van der Waals surface area contributed by atoms with Gasteiger partial charge in [0.2, 0.25) is 0 Å². The molecule has 5 nitrogen and oxygen atoms in total. The molecule has 0 spiro atoms. The summed E-state index contributed by atoms with van der Waals surface area (Å²) in [5.41, 5.74) is 2.14. The zero-order chi connectivity index (χ0) is 19.0. The number of benzene rings is 1. The van der Waals surface area contributed by atoms with E-state index >= 15 is 0 Å². The van der Waals surface area contributed by atoms with Crippen LogP contribution in [-0.4, -0.2) is 20.5 Å². The topological polar surface area (TPSA) is 63.8 Å². The Morgan fingerprint density at radius 2 is 1.92 bits per heavy atom. The second-order valence-electron chi connectivity index (χ2n) is 5.99. The normalized spacial score (nSPS) is 11.1. The maximum Gasteiger partial charge on any atom is 0.354 e. The Hall–Kier alpha value is -2.96. The Morgan fingerprint density at radius 1 is 1.27 bits per heavy atom. The van der Waals surface area contributed by atoms with Gasteiger partial charge in [-0.1, -0.05) is 13.0 Å². The molecule has 0 bridgehead atoms. The predicted octanol–water partition coefficient (Wildman–Crippen LogP) is 4.07. The molecule has 26 heavy (non-hydrogen) atoms. The van der Waals surface area contributed by atoms with Crippen molar-refractivity contribution in [2.45, 2.75) is 33.8 Å². The fourth-order valence-corrected chi connectivity index (χ4v) is 3.09. The molecule has 0 aliphatic carbocycles. The summed E-state index contributed by atoms with van der Waals surface area (Å²) in [6.07, 6.45) is 0.598. The van der Waals surface area contributed by atoms with Crippen LogP contribution >= 0.6 is 0 Å². The number of halogens is 2. The molecule has 3 aromatic rings. The van der Waals surface area contributed by atoms with Gasteiger partial charge in [-0.05, 0) is 44.0 Å². The van der Waals surface area contributed by atoms with E-state index in [2.05, 4.69) is 4.98 Å². The van der Waals surface area contributed by atoms with Crippen LogP contribution in [0.5, 0.6) is 5.75 Å². The second-order valence-corrected chi connectivity index (χ2v) is 5.99. The van der Waals surface area contributed by atoms with Gasteiger partial charge in [0.05, 0.1) is 11.3 Å². The molecule has 2 heterocycles. The van der Waals surface area contributed by atoms with Gasteiger partial charge >= 0.3 is 5.97 Å². The average Bonchev–Trinajstić information content (AvgIpc) is 2.91. The van der Waals surface area contributed by atoms with Crippen molar-refractivity contribution in [3.8, 4) is 5.75 Å². The highest BCUT2D eigenvalue weighted by Crippen LogP contribution is 2.29. The molecule has 3 rings (SSSR count). The van der Waals surface area contributed by atoms with Crippen molar-refractivity contribution in [3.63, 3.8) is 0 Å². The summed E-state index contributed by atoms with van der Waals surface area (Å²) in [4.78, 5) is 16.0. The predicted molar refractivity (Wildman–Crippen MR) is 91.7 cm³/mol. The molecule has 0 radical (unpaired) electrons. The molecule has 0 amide bonds. The first kappa shape index (κ1) is 17.8. The summed E-state index contributed by atoms with van der Waals surface area (Å²) in [6.45, 7) is 5.02. The molecule has 1 aromatic carbocycles. The lowest BCUT2D eigenvalue weighted by Crippen LogP contribution is -2.10. The molecule has 0 atom stereocenters. The first-order valence-electron chi connectivity index (χ1n) is 8.15. The third kappa shape index (κ3) is 2.89. The van der Waals surface area contributed by atoms with E-state index in [1.807, 2.05) is 13.8 Å². The third-order valence-electron chi connectivity index (χ3n) is 4.32. The lowest BCUT2D eigenvalue weighted by Gasteiger charge is -2.14. The van der Waals surface area contributed by atoms with Gasteiger partial charge in [-0.2, -0.15) is 0 Å². The number of nitrogens with zero attached hydrogens (tertiary/aromatic N) is 2. The smallest absolute Gasteiger partial charge is 0.354 e. The van der Waals surface area contributed by atoms with Gasteiger partial charge in [0, 0.05) is 5.69 Å². The van der Waals surface area contributed by atoms with Crippen molar-refractivity contribution >= 4 is 11.6 Å². The van der Waals surface area contributed by atoms with E-state index in [0.29, 0.717) is 17.8 Å². The minimum atomic E-state index is -1.10. The van der Waals surface area contributed by atoms with Crippen LogP contribution in [0, 0.1) is 25.5 Å². The summed E-state index contributed by atoms with van der Waals surface area (Å²) in [5.74, 6) is -2.22. The van der Waals surface area contributed by atoms with Crippen molar-refractivity contribution in [2.75, 3.05) is 0 Å². The van der Waals surface area contributed by atoms with E-state index in [9.17, 15) is 18.7 Å². The SMILES string of the molecule is CCc1c(C)cc(OCc2c(F)cccc2F)c2nc(C)c(C(=O)O)n12. The summed E-state index contributed by atoms with van der Waals surface area (Å²) in [7, 11) is 0. The van der Waals surface area contributed by atoms with Crippen molar-refractivity contribution in [1.29, 1.82) is 0 Å². The molecular formula is C19H18F2N2O3. The zero-order valence-electron chi connectivity index (χ0n) is 14.6. The van der Waals surface area contributed by atoms with E-state index in [1.54, 1.807) is 17.4 Å². The number of imidazole rings is 1. The summed E-state index contributed by atoms with van der Waals surface area (Å²) in [6, 6.07) is 5.31. The molecule has 0 saturated carbocycles. The Balaban J connectivity index is 2.12. The van der Waals surface area contributed by atoms with Crippen LogP contribution in [0.25, 0.3) is 5.65 Å². The average molecular weight is 360 g/mol. The molecule has 7 heteroatoms. The Morgan fingerprint density at radius 3 is 2.50 bits per heavy atom. The van der Waals surface area contributed by atoms with Crippen LogP contribution in [0.2, 0.25) is 0 Å². The lowest BCUT2D eigenvalue weighted by molar-refractivity contribution is 0.0688. The first-order chi connectivity index (χ1) is 12.3. The molecule has 136 valence electrons. The molecule has 1 N–H and O–H groups in total. The minimum Gasteiger partial charge on any atom is -0.485 e. The third-order valence-corrected chi connectivity index (χ3v) is 4.32. The van der Waals surface area contributed by atoms with Crippen molar-refractivity contribution in [1.82, 2.24) is 9.38 Å². The van der Waals surface area contributed by atoms with Crippen molar-refractivity contribution in [3.05, 3.63) is 64.1 Å². The van der Waals surface area contributed by atoms with Crippen LogP contribution < -0.4 is 4.74 Å². The zero-order valence-corrected chi connectivity index (χ0v) is 14.6. The first-order valence-corrected chi connectivity index (χ1v) is 8.15. The van der Waals surface area contributed by atoms with Gasteiger partial charge in [0.25, 0.3) is 0 Å². The fraction of sp³-hybridized carbons (Fsp3) is 0.263. The molecular weight excluding hydrogens is 342 g/mol. The van der Waals surface area contributed by atoms with Gasteiger partial charge in [0.1, 0.15) is 18.2 Å². The highest BCUT2D eigenvalue weighted by molar-refractivity contribution is 5.89. The summed E-state index contributed by atoms with van der Waals surface area (Å²) < 4.78 is 34.8. The van der Waals surface area contributed by atoms with E-state index in [4.69, 9.17) is 4.74 Å². The van der Waals surface area contributed by atoms with Crippen LogP contribution in [-0.2, 0) is 13.0 Å². The Labute approximate surface area is 148 Å². The minimum absolute atomic E-state index is 0.0578. The number of rotatable bonds is 5. The number of ether oxygens (including phenoxy) is 1. The number of carbonyl (C=O) groups is 1. The standard InChI is InChI=1S/C19H18F2N2O3/c1-4-15-10(2)8-16(18-22-11(3)17(19(24)25)23(15)18)26-9-12-13(20)6-5-7-14(12)21/h5-8H,4,9H2,1-3H3,(H,24,25). The fourth-order valence-electron chi connectivity index (χ4n) is 3.09. The highest BCUT2D eigenvalue weighted by Gasteiger charge is 2.22. The van der Waals surface area contributed by atoms with Crippen molar-refractivity contribution in [2.24, 2.45) is 0 Å². The van der Waals surface area contributed by atoms with Crippen LogP contribution in [0.15, 0.2) is 24.3 Å². The second kappa shape index (κ2) is 6.74. The number of carboxylic acids is 1. The molecule has 2 aromatic heterocycles. The number of hydrogen-bond donors (Lipinski definition) is 1. The quantitative estimate of drug-likeness (QED) is 0.745.